The molecule has 152 valence electrons. The van der Waals surface area contributed by atoms with E-state index in [1.807, 2.05) is 54.6 Å². The number of urea groups is 1. The van der Waals surface area contributed by atoms with Crippen LogP contribution in [0.1, 0.15) is 30.9 Å². The Morgan fingerprint density at radius 3 is 2.53 bits per heavy atom. The summed E-state index contributed by atoms with van der Waals surface area (Å²) in [6.07, 6.45) is 5.73. The lowest BCUT2D eigenvalue weighted by molar-refractivity contribution is -0.132. The molecule has 5 rings (SSSR count). The number of imide groups is 1. The predicted molar refractivity (Wildman–Crippen MR) is 114 cm³/mol. The maximum absolute atomic E-state index is 13.4. The fourth-order valence-electron chi connectivity index (χ4n) is 4.16. The molecule has 0 spiro atoms. The van der Waals surface area contributed by atoms with E-state index in [-0.39, 0.29) is 11.9 Å². The van der Waals surface area contributed by atoms with Gasteiger partial charge in [-0.05, 0) is 59.9 Å². The number of fused-ring (bicyclic) bond motifs is 1. The number of nitrogens with zero attached hydrogens (tertiary/aromatic N) is 3. The van der Waals surface area contributed by atoms with Crippen molar-refractivity contribution in [2.75, 3.05) is 6.67 Å². The largest absolute Gasteiger partial charge is 0.326 e. The first-order chi connectivity index (χ1) is 14.5. The highest BCUT2D eigenvalue weighted by atomic mass is 16.2. The SMILES string of the molecule is C[C@@]1(c2ccc3ccccc3c2)NC(=O)N(CN(Cc2ccncc2)C2CC2)C1=O. The second-order valence-electron chi connectivity index (χ2n) is 8.33. The monoisotopic (exact) mass is 400 g/mol. The van der Waals surface area contributed by atoms with Crippen LogP contribution in [0.25, 0.3) is 10.8 Å². The van der Waals surface area contributed by atoms with Crippen LogP contribution in [0, 0.1) is 0 Å². The van der Waals surface area contributed by atoms with E-state index in [0.717, 1.165) is 34.7 Å². The molecular formula is C24H24N4O2. The number of carbonyl (C=O) groups is 2. The van der Waals surface area contributed by atoms with E-state index in [1.54, 1.807) is 19.3 Å². The molecule has 2 heterocycles. The summed E-state index contributed by atoms with van der Waals surface area (Å²) < 4.78 is 0. The standard InChI is InChI=1S/C24H24N4O2/c1-24(20-7-6-18-4-2-3-5-19(18)14-20)22(29)28(23(30)26-24)16-27(21-8-9-21)15-17-10-12-25-13-11-17/h2-7,10-14,21H,8-9,15-16H2,1H3,(H,26,30)/t24-/m0/s1. The minimum Gasteiger partial charge on any atom is -0.319 e. The number of pyridine rings is 1. The predicted octanol–water partition coefficient (Wildman–Crippen LogP) is 3.62. The highest BCUT2D eigenvalue weighted by Crippen LogP contribution is 2.33. The second kappa shape index (κ2) is 7.22. The third kappa shape index (κ3) is 3.33. The minimum atomic E-state index is -1.06. The summed E-state index contributed by atoms with van der Waals surface area (Å²) in [5.74, 6) is -0.205. The summed E-state index contributed by atoms with van der Waals surface area (Å²) in [6.45, 7) is 2.78. The Bertz CT molecular complexity index is 1110. The van der Waals surface area contributed by atoms with Gasteiger partial charge in [0, 0.05) is 25.0 Å². The van der Waals surface area contributed by atoms with Gasteiger partial charge in [0.25, 0.3) is 5.91 Å². The molecule has 1 aliphatic carbocycles. The Morgan fingerprint density at radius 1 is 1.07 bits per heavy atom. The highest BCUT2D eigenvalue weighted by molar-refractivity contribution is 6.07. The van der Waals surface area contributed by atoms with Gasteiger partial charge in [0.05, 0.1) is 6.67 Å². The zero-order valence-electron chi connectivity index (χ0n) is 16.9. The molecule has 2 aromatic carbocycles. The number of carbonyl (C=O) groups excluding carboxylic acids is 2. The van der Waals surface area contributed by atoms with Gasteiger partial charge < -0.3 is 5.32 Å². The fraction of sp³-hybridized carbons (Fsp3) is 0.292. The first kappa shape index (κ1) is 18.8. The summed E-state index contributed by atoms with van der Waals surface area (Å²) in [5.41, 5.74) is 0.864. The minimum absolute atomic E-state index is 0.205. The second-order valence-corrected chi connectivity index (χ2v) is 8.33. The van der Waals surface area contributed by atoms with Crippen LogP contribution >= 0.6 is 0 Å². The van der Waals surface area contributed by atoms with Crippen molar-refractivity contribution in [2.45, 2.75) is 37.9 Å². The van der Waals surface area contributed by atoms with Gasteiger partial charge >= 0.3 is 6.03 Å². The first-order valence-corrected chi connectivity index (χ1v) is 10.3. The van der Waals surface area contributed by atoms with Crippen LogP contribution in [0.3, 0.4) is 0 Å². The molecule has 6 nitrogen and oxygen atoms in total. The number of benzene rings is 2. The van der Waals surface area contributed by atoms with Crippen LogP contribution in [0.5, 0.6) is 0 Å². The molecule has 0 bridgehead atoms. The number of hydrogen-bond acceptors (Lipinski definition) is 4. The lowest BCUT2D eigenvalue weighted by Crippen LogP contribution is -2.44. The van der Waals surface area contributed by atoms with Gasteiger partial charge in [-0.15, -0.1) is 0 Å². The van der Waals surface area contributed by atoms with E-state index in [1.165, 1.54) is 4.90 Å². The first-order valence-electron chi connectivity index (χ1n) is 10.3. The lowest BCUT2D eigenvalue weighted by atomic mass is 9.90. The highest BCUT2D eigenvalue weighted by Gasteiger charge is 2.50. The summed E-state index contributed by atoms with van der Waals surface area (Å²) >= 11 is 0. The van der Waals surface area contributed by atoms with Crippen LogP contribution in [0.4, 0.5) is 4.79 Å². The van der Waals surface area contributed by atoms with Crippen LogP contribution in [0.15, 0.2) is 67.0 Å². The lowest BCUT2D eigenvalue weighted by Gasteiger charge is -2.27. The maximum Gasteiger partial charge on any atom is 0.326 e. The molecule has 30 heavy (non-hydrogen) atoms. The van der Waals surface area contributed by atoms with Gasteiger partial charge in [0.15, 0.2) is 0 Å². The van der Waals surface area contributed by atoms with Crippen molar-refractivity contribution in [3.63, 3.8) is 0 Å². The van der Waals surface area contributed by atoms with Gasteiger partial charge in [-0.3, -0.25) is 14.7 Å². The van der Waals surface area contributed by atoms with Crippen molar-refractivity contribution in [1.82, 2.24) is 20.1 Å². The third-order valence-electron chi connectivity index (χ3n) is 6.12. The molecule has 6 heteroatoms. The summed E-state index contributed by atoms with van der Waals surface area (Å²) in [7, 11) is 0. The number of aromatic nitrogens is 1. The molecule has 0 radical (unpaired) electrons. The van der Waals surface area contributed by atoms with E-state index < -0.39 is 5.54 Å². The van der Waals surface area contributed by atoms with E-state index in [9.17, 15) is 9.59 Å². The van der Waals surface area contributed by atoms with E-state index in [4.69, 9.17) is 0 Å². The van der Waals surface area contributed by atoms with Crippen LogP contribution < -0.4 is 5.32 Å². The van der Waals surface area contributed by atoms with E-state index in [2.05, 4.69) is 15.2 Å². The number of nitrogens with one attached hydrogen (secondary N) is 1. The van der Waals surface area contributed by atoms with Gasteiger partial charge in [-0.25, -0.2) is 9.69 Å². The molecular weight excluding hydrogens is 376 g/mol. The Kier molecular flexibility index (Phi) is 4.51. The van der Waals surface area contributed by atoms with Crippen molar-refractivity contribution in [3.8, 4) is 0 Å². The van der Waals surface area contributed by atoms with Crippen molar-refractivity contribution < 1.29 is 9.59 Å². The zero-order valence-corrected chi connectivity index (χ0v) is 16.9. The van der Waals surface area contributed by atoms with Crippen molar-refractivity contribution in [2.24, 2.45) is 0 Å². The maximum atomic E-state index is 13.4. The van der Waals surface area contributed by atoms with E-state index >= 15 is 0 Å². The fourth-order valence-corrected chi connectivity index (χ4v) is 4.16. The van der Waals surface area contributed by atoms with Gasteiger partial charge in [0.2, 0.25) is 0 Å². The van der Waals surface area contributed by atoms with Crippen molar-refractivity contribution >= 4 is 22.7 Å². The molecule has 2 aliphatic rings. The van der Waals surface area contributed by atoms with Gasteiger partial charge in [-0.1, -0.05) is 36.4 Å². The Balaban J connectivity index is 1.40. The molecule has 1 saturated heterocycles. The zero-order chi connectivity index (χ0) is 20.7. The molecule has 1 atom stereocenters. The smallest absolute Gasteiger partial charge is 0.319 e. The Morgan fingerprint density at radius 2 is 1.80 bits per heavy atom. The average Bonchev–Trinajstić information content (AvgIpc) is 3.58. The molecule has 3 amide bonds. The Hall–Kier alpha value is -3.25. The molecule has 0 unspecified atom stereocenters. The Labute approximate surface area is 175 Å². The normalized spacial score (nSPS) is 21.5. The summed E-state index contributed by atoms with van der Waals surface area (Å²) in [5, 5.41) is 5.10. The molecule has 1 N–H and O–H groups in total. The summed E-state index contributed by atoms with van der Waals surface area (Å²) in [4.78, 5) is 33.9. The molecule has 2 fully saturated rings. The van der Waals surface area contributed by atoms with Crippen LogP contribution in [-0.4, -0.2) is 39.4 Å². The molecule has 1 saturated carbocycles. The van der Waals surface area contributed by atoms with Crippen molar-refractivity contribution in [1.29, 1.82) is 0 Å². The number of rotatable bonds is 6. The van der Waals surface area contributed by atoms with Crippen LogP contribution in [0.2, 0.25) is 0 Å². The molecule has 1 aliphatic heterocycles. The van der Waals surface area contributed by atoms with Crippen LogP contribution in [-0.2, 0) is 16.9 Å². The van der Waals surface area contributed by atoms with Crippen molar-refractivity contribution in [3.05, 3.63) is 78.1 Å². The topological polar surface area (TPSA) is 65.5 Å². The van der Waals surface area contributed by atoms with E-state index in [0.29, 0.717) is 19.3 Å². The molecule has 1 aromatic heterocycles. The number of hydrogen-bond donors (Lipinski definition) is 1. The van der Waals surface area contributed by atoms with Gasteiger partial charge in [0.1, 0.15) is 5.54 Å². The number of amides is 3. The summed E-state index contributed by atoms with van der Waals surface area (Å²) in [6, 6.07) is 18.0. The third-order valence-corrected chi connectivity index (χ3v) is 6.12. The average molecular weight is 400 g/mol. The van der Waals surface area contributed by atoms with Gasteiger partial charge in [-0.2, -0.15) is 0 Å². The molecule has 3 aromatic rings. The quantitative estimate of drug-likeness (QED) is 0.642.